The highest BCUT2D eigenvalue weighted by Crippen LogP contribution is 2.49. The Balaban J connectivity index is 1.84. The molecule has 2 fully saturated rings. The number of aliphatic carboxylic acids is 1. The Hall–Kier alpha value is -2.52. The predicted octanol–water partition coefficient (Wildman–Crippen LogP) is 5.73. The predicted molar refractivity (Wildman–Crippen MR) is 146 cm³/mol. The Morgan fingerprint density at radius 2 is 1.89 bits per heavy atom. The van der Waals surface area contributed by atoms with Crippen LogP contribution in [-0.4, -0.2) is 46.1 Å². The molecule has 1 aliphatic carbocycles. The average Bonchev–Trinajstić information content (AvgIpc) is 3.23. The molecule has 2 aliphatic rings. The molecule has 2 aromatic rings. The highest BCUT2D eigenvalue weighted by Gasteiger charge is 2.58. The van der Waals surface area contributed by atoms with Gasteiger partial charge in [-0.15, -0.1) is 0 Å². The Labute approximate surface area is 232 Å². The third-order valence-electron chi connectivity index (χ3n) is 7.97. The standard InChI is InChI=1S/C29H37BrFN3O4/c1-29(2,3)22-23(32-15-18-14-19(30)16-33-26(18)38-4)24(20-12-8-9-13-21(20)31)34(25(22)28(36)37)27(35)17-10-6-5-7-11-17/h8-9,12-14,16-17,22-25,32H,5-7,10-11,15H2,1-4H3,(H,36,37)/t22-,23-,24-,25-/m0/s1. The molecule has 7 nitrogen and oxygen atoms in total. The average molecular weight is 591 g/mol. The molecule has 38 heavy (non-hydrogen) atoms. The molecular weight excluding hydrogens is 553 g/mol. The van der Waals surface area contributed by atoms with Gasteiger partial charge in [0.1, 0.15) is 11.9 Å². The number of ether oxygens (including phenoxy) is 1. The van der Waals surface area contributed by atoms with Crippen LogP contribution in [0.1, 0.15) is 70.0 Å². The number of likely N-dealkylation sites (tertiary alicyclic amines) is 1. The largest absolute Gasteiger partial charge is 0.481 e. The van der Waals surface area contributed by atoms with Crippen molar-refractivity contribution >= 4 is 27.8 Å². The van der Waals surface area contributed by atoms with Gasteiger partial charge in [-0.3, -0.25) is 4.79 Å². The van der Waals surface area contributed by atoms with Crippen LogP contribution in [0.25, 0.3) is 0 Å². The van der Waals surface area contributed by atoms with Crippen molar-refractivity contribution in [1.29, 1.82) is 0 Å². The summed E-state index contributed by atoms with van der Waals surface area (Å²) in [6, 6.07) is 5.84. The quantitative estimate of drug-likeness (QED) is 0.428. The van der Waals surface area contributed by atoms with Crippen molar-refractivity contribution in [1.82, 2.24) is 15.2 Å². The van der Waals surface area contributed by atoms with E-state index in [-0.39, 0.29) is 11.8 Å². The smallest absolute Gasteiger partial charge is 0.326 e. The summed E-state index contributed by atoms with van der Waals surface area (Å²) in [6.45, 7) is 6.25. The minimum absolute atomic E-state index is 0.189. The maximum absolute atomic E-state index is 15.4. The molecule has 0 bridgehead atoms. The van der Waals surface area contributed by atoms with Crippen LogP contribution in [0.4, 0.5) is 4.39 Å². The summed E-state index contributed by atoms with van der Waals surface area (Å²) in [4.78, 5) is 32.9. The second-order valence-electron chi connectivity index (χ2n) is 11.5. The van der Waals surface area contributed by atoms with Gasteiger partial charge in [0.25, 0.3) is 0 Å². The van der Waals surface area contributed by atoms with Crippen molar-refractivity contribution in [2.24, 2.45) is 17.3 Å². The Morgan fingerprint density at radius 3 is 2.50 bits per heavy atom. The van der Waals surface area contributed by atoms with Gasteiger partial charge in [0.2, 0.25) is 11.8 Å². The number of nitrogens with zero attached hydrogens (tertiary/aromatic N) is 2. The molecule has 1 aliphatic heterocycles. The summed E-state index contributed by atoms with van der Waals surface area (Å²) in [5.41, 5.74) is 0.586. The zero-order valence-corrected chi connectivity index (χ0v) is 24.0. The van der Waals surface area contributed by atoms with Crippen molar-refractivity contribution in [3.8, 4) is 5.88 Å². The van der Waals surface area contributed by atoms with E-state index in [1.54, 1.807) is 31.5 Å². The monoisotopic (exact) mass is 589 g/mol. The molecule has 1 saturated carbocycles. The van der Waals surface area contributed by atoms with E-state index < -0.39 is 41.2 Å². The van der Waals surface area contributed by atoms with Crippen molar-refractivity contribution in [2.75, 3.05) is 7.11 Å². The van der Waals surface area contributed by atoms with Gasteiger partial charge in [-0.1, -0.05) is 58.2 Å². The number of benzene rings is 1. The molecule has 1 amide bonds. The van der Waals surface area contributed by atoms with E-state index in [9.17, 15) is 14.7 Å². The van der Waals surface area contributed by atoms with Gasteiger partial charge in [-0.25, -0.2) is 14.2 Å². The molecule has 9 heteroatoms. The molecule has 0 unspecified atom stereocenters. The van der Waals surface area contributed by atoms with Crippen LogP contribution in [0.2, 0.25) is 0 Å². The third-order valence-corrected chi connectivity index (χ3v) is 8.40. The maximum Gasteiger partial charge on any atom is 0.326 e. The van der Waals surface area contributed by atoms with E-state index in [2.05, 4.69) is 26.2 Å². The summed E-state index contributed by atoms with van der Waals surface area (Å²) in [5, 5.41) is 14.1. The van der Waals surface area contributed by atoms with E-state index in [0.717, 1.165) is 42.1 Å². The molecule has 1 saturated heterocycles. The van der Waals surface area contributed by atoms with Crippen molar-refractivity contribution in [2.45, 2.75) is 77.5 Å². The number of methoxy groups -OCH3 is 1. The lowest BCUT2D eigenvalue weighted by molar-refractivity contribution is -0.154. The lowest BCUT2D eigenvalue weighted by atomic mass is 9.72. The van der Waals surface area contributed by atoms with Gasteiger partial charge >= 0.3 is 5.97 Å². The van der Waals surface area contributed by atoms with Crippen LogP contribution in [0.15, 0.2) is 41.0 Å². The number of rotatable bonds is 7. The van der Waals surface area contributed by atoms with Crippen LogP contribution in [-0.2, 0) is 16.1 Å². The SMILES string of the molecule is COc1ncc(Br)cc1CN[C@H]1[C@H](C(C)(C)C)[C@@H](C(=O)O)N(C(=O)C2CCCCC2)[C@H]1c1ccccc1F. The Kier molecular flexibility index (Phi) is 8.77. The molecule has 1 aromatic heterocycles. The minimum atomic E-state index is -1.10. The number of halogens is 2. The fourth-order valence-corrected chi connectivity index (χ4v) is 6.71. The number of pyridine rings is 1. The van der Waals surface area contributed by atoms with Crippen molar-refractivity contribution in [3.05, 3.63) is 57.9 Å². The van der Waals surface area contributed by atoms with Crippen LogP contribution in [0.5, 0.6) is 5.88 Å². The third kappa shape index (κ3) is 5.73. The van der Waals surface area contributed by atoms with Gasteiger partial charge < -0.3 is 20.1 Å². The number of carboxylic acids is 1. The van der Waals surface area contributed by atoms with Crippen LogP contribution < -0.4 is 10.1 Å². The number of carbonyl (C=O) groups excluding carboxylic acids is 1. The fourth-order valence-electron chi connectivity index (χ4n) is 6.34. The van der Waals surface area contributed by atoms with E-state index >= 15 is 4.39 Å². The topological polar surface area (TPSA) is 91.8 Å². The molecule has 1 aromatic carbocycles. The summed E-state index contributed by atoms with van der Waals surface area (Å²) >= 11 is 3.46. The number of amides is 1. The first-order valence-electron chi connectivity index (χ1n) is 13.3. The number of hydrogen-bond acceptors (Lipinski definition) is 5. The van der Waals surface area contributed by atoms with E-state index in [0.29, 0.717) is 18.0 Å². The number of carboxylic acid groups (broad SMARTS) is 1. The molecule has 2 N–H and O–H groups in total. The summed E-state index contributed by atoms with van der Waals surface area (Å²) in [6.07, 6.45) is 6.04. The maximum atomic E-state index is 15.4. The van der Waals surface area contributed by atoms with Gasteiger partial charge in [-0.05, 0) is 46.3 Å². The van der Waals surface area contributed by atoms with Gasteiger partial charge in [0.05, 0.1) is 13.2 Å². The highest BCUT2D eigenvalue weighted by atomic mass is 79.9. The number of carbonyl (C=O) groups is 2. The summed E-state index contributed by atoms with van der Waals surface area (Å²) in [5.74, 6) is -2.02. The second-order valence-corrected chi connectivity index (χ2v) is 12.4. The molecule has 2 heterocycles. The fraction of sp³-hybridized carbons (Fsp3) is 0.552. The summed E-state index contributed by atoms with van der Waals surface area (Å²) < 4.78 is 21.7. The zero-order chi connectivity index (χ0) is 27.6. The van der Waals surface area contributed by atoms with E-state index in [1.165, 1.54) is 11.0 Å². The van der Waals surface area contributed by atoms with Crippen LogP contribution in [0.3, 0.4) is 0 Å². The number of nitrogens with one attached hydrogen (secondary N) is 1. The van der Waals surface area contributed by atoms with Crippen LogP contribution >= 0.6 is 15.9 Å². The van der Waals surface area contributed by atoms with Gasteiger partial charge in [0, 0.05) is 46.2 Å². The lowest BCUT2D eigenvalue weighted by Crippen LogP contribution is -2.49. The molecule has 0 radical (unpaired) electrons. The number of hydrogen-bond donors (Lipinski definition) is 2. The normalized spacial score (nSPS) is 24.4. The minimum Gasteiger partial charge on any atom is -0.481 e. The van der Waals surface area contributed by atoms with Crippen LogP contribution in [0, 0.1) is 23.1 Å². The van der Waals surface area contributed by atoms with E-state index in [4.69, 9.17) is 4.74 Å². The lowest BCUT2D eigenvalue weighted by Gasteiger charge is -2.36. The highest BCUT2D eigenvalue weighted by molar-refractivity contribution is 9.10. The van der Waals surface area contributed by atoms with Gasteiger partial charge in [-0.2, -0.15) is 0 Å². The van der Waals surface area contributed by atoms with Crippen molar-refractivity contribution < 1.29 is 23.8 Å². The first kappa shape index (κ1) is 28.5. The second kappa shape index (κ2) is 11.7. The molecule has 206 valence electrons. The van der Waals surface area contributed by atoms with E-state index in [1.807, 2.05) is 26.8 Å². The first-order valence-corrected chi connectivity index (χ1v) is 14.0. The first-order chi connectivity index (χ1) is 18.0. The molecule has 0 spiro atoms. The van der Waals surface area contributed by atoms with Gasteiger partial charge in [0.15, 0.2) is 0 Å². The van der Waals surface area contributed by atoms with Crippen molar-refractivity contribution in [3.63, 3.8) is 0 Å². The summed E-state index contributed by atoms with van der Waals surface area (Å²) in [7, 11) is 1.54. The Bertz CT molecular complexity index is 1160. The molecule has 4 atom stereocenters. The zero-order valence-electron chi connectivity index (χ0n) is 22.4. The Morgan fingerprint density at radius 1 is 1.21 bits per heavy atom. The molecular formula is C29H37BrFN3O4. The molecule has 4 rings (SSSR count). The number of aromatic nitrogens is 1.